The van der Waals surface area contributed by atoms with Crippen LogP contribution in [0.25, 0.3) is 0 Å². The van der Waals surface area contributed by atoms with E-state index in [1.807, 2.05) is 0 Å². The summed E-state index contributed by atoms with van der Waals surface area (Å²) in [6.07, 6.45) is 2.39. The molecule has 1 aromatic rings. The first-order valence-corrected chi connectivity index (χ1v) is 7.29. The monoisotopic (exact) mass is 288 g/mol. The molecule has 2 rings (SSSR count). The first-order chi connectivity index (χ1) is 8.89. The van der Waals surface area contributed by atoms with Crippen LogP contribution in [0.4, 0.5) is 0 Å². The fourth-order valence-corrected chi connectivity index (χ4v) is 3.52. The van der Waals surface area contributed by atoms with Gasteiger partial charge in [-0.25, -0.2) is 8.42 Å². The molecular weight excluding hydrogens is 272 g/mol. The lowest BCUT2D eigenvalue weighted by atomic mass is 10.2. The van der Waals surface area contributed by atoms with Crippen molar-refractivity contribution in [2.75, 3.05) is 19.7 Å². The van der Waals surface area contributed by atoms with E-state index < -0.39 is 22.1 Å². The molecule has 1 N–H and O–H groups in total. The number of hydrogen-bond acceptors (Lipinski definition) is 4. The Morgan fingerprint density at radius 3 is 2.89 bits per heavy atom. The number of nitrogens with zero attached hydrogens (tertiary/aromatic N) is 2. The van der Waals surface area contributed by atoms with E-state index in [1.165, 1.54) is 16.6 Å². The maximum absolute atomic E-state index is 12.3. The van der Waals surface area contributed by atoms with Gasteiger partial charge in [-0.05, 0) is 6.07 Å². The number of aromatic nitrogens is 1. The van der Waals surface area contributed by atoms with Gasteiger partial charge in [-0.3, -0.25) is 4.79 Å². The minimum absolute atomic E-state index is 0.0729. The molecule has 1 unspecified atom stereocenters. The molecule has 106 valence electrons. The van der Waals surface area contributed by atoms with E-state index in [0.717, 1.165) is 0 Å². The van der Waals surface area contributed by atoms with Gasteiger partial charge in [-0.1, -0.05) is 0 Å². The minimum Gasteiger partial charge on any atom is -0.481 e. The molecule has 0 aromatic carbocycles. The number of carbonyl (C=O) groups is 1. The maximum Gasteiger partial charge on any atom is 0.306 e. The Hall–Kier alpha value is -1.38. The molecule has 0 radical (unpaired) electrons. The molecule has 2 heterocycles. The number of sulfonamides is 1. The van der Waals surface area contributed by atoms with Gasteiger partial charge in [0.05, 0.1) is 24.0 Å². The second-order valence-corrected chi connectivity index (χ2v) is 6.40. The van der Waals surface area contributed by atoms with Crippen LogP contribution in [-0.4, -0.2) is 54.2 Å². The predicted octanol–water partition coefficient (Wildman–Crippen LogP) is -0.111. The number of aliphatic carboxylic acids is 1. The Labute approximate surface area is 111 Å². The third-order valence-electron chi connectivity index (χ3n) is 2.95. The zero-order chi connectivity index (χ0) is 14.0. The van der Waals surface area contributed by atoms with Crippen molar-refractivity contribution in [1.29, 1.82) is 0 Å². The van der Waals surface area contributed by atoms with Crippen LogP contribution in [0.5, 0.6) is 0 Å². The number of carboxylic acids is 1. The molecule has 0 bridgehead atoms. The van der Waals surface area contributed by atoms with Gasteiger partial charge in [0.15, 0.2) is 0 Å². The molecule has 1 saturated heterocycles. The van der Waals surface area contributed by atoms with Crippen molar-refractivity contribution in [2.45, 2.75) is 17.4 Å². The van der Waals surface area contributed by atoms with Crippen LogP contribution >= 0.6 is 0 Å². The van der Waals surface area contributed by atoms with Crippen LogP contribution < -0.4 is 0 Å². The molecule has 1 fully saturated rings. The molecule has 0 saturated carbocycles. The summed E-state index contributed by atoms with van der Waals surface area (Å²) in [5.74, 6) is -0.996. The van der Waals surface area contributed by atoms with Crippen molar-refractivity contribution in [2.24, 2.45) is 7.05 Å². The van der Waals surface area contributed by atoms with Crippen LogP contribution in [-0.2, 0) is 26.6 Å². The highest BCUT2D eigenvalue weighted by Gasteiger charge is 2.32. The lowest BCUT2D eigenvalue weighted by Crippen LogP contribution is -2.46. The van der Waals surface area contributed by atoms with E-state index in [0.29, 0.717) is 0 Å². The maximum atomic E-state index is 12.3. The fourth-order valence-electron chi connectivity index (χ4n) is 2.01. The summed E-state index contributed by atoms with van der Waals surface area (Å²) in [5.41, 5.74) is 0. The van der Waals surface area contributed by atoms with E-state index in [4.69, 9.17) is 9.84 Å². The van der Waals surface area contributed by atoms with Gasteiger partial charge in [0, 0.05) is 32.5 Å². The standard InChI is InChI=1S/C11H16N2O5S/c1-12-3-2-10(8-12)19(16,17)13-4-5-18-9(7-13)6-11(14)15/h2-3,8-9H,4-7H2,1H3,(H,14,15). The number of carboxylic acid groups (broad SMARTS) is 1. The van der Waals surface area contributed by atoms with Gasteiger partial charge in [0.1, 0.15) is 0 Å². The van der Waals surface area contributed by atoms with E-state index in [2.05, 4.69) is 0 Å². The van der Waals surface area contributed by atoms with Gasteiger partial charge >= 0.3 is 5.97 Å². The number of ether oxygens (including phenoxy) is 1. The van der Waals surface area contributed by atoms with Crippen LogP contribution in [0.1, 0.15) is 6.42 Å². The SMILES string of the molecule is Cn1ccc(S(=O)(=O)N2CCOC(CC(=O)O)C2)c1. The summed E-state index contributed by atoms with van der Waals surface area (Å²) in [6.45, 7) is 0.529. The van der Waals surface area contributed by atoms with Gasteiger partial charge in [-0.15, -0.1) is 0 Å². The number of hydrogen-bond donors (Lipinski definition) is 1. The summed E-state index contributed by atoms with van der Waals surface area (Å²) in [6, 6.07) is 1.52. The highest BCUT2D eigenvalue weighted by molar-refractivity contribution is 7.89. The smallest absolute Gasteiger partial charge is 0.306 e. The molecule has 1 aliphatic rings. The highest BCUT2D eigenvalue weighted by Crippen LogP contribution is 2.19. The topological polar surface area (TPSA) is 88.8 Å². The Balaban J connectivity index is 2.14. The average molecular weight is 288 g/mol. The van der Waals surface area contributed by atoms with E-state index >= 15 is 0 Å². The lowest BCUT2D eigenvalue weighted by molar-refractivity contribution is -0.141. The lowest BCUT2D eigenvalue weighted by Gasteiger charge is -2.31. The number of morpholine rings is 1. The largest absolute Gasteiger partial charge is 0.481 e. The zero-order valence-corrected chi connectivity index (χ0v) is 11.3. The van der Waals surface area contributed by atoms with Crippen molar-refractivity contribution in [1.82, 2.24) is 8.87 Å². The van der Waals surface area contributed by atoms with Gasteiger partial charge < -0.3 is 14.4 Å². The summed E-state index contributed by atoms with van der Waals surface area (Å²) in [7, 11) is -1.83. The van der Waals surface area contributed by atoms with E-state index in [1.54, 1.807) is 17.8 Å². The first-order valence-electron chi connectivity index (χ1n) is 5.85. The van der Waals surface area contributed by atoms with E-state index in [-0.39, 0.29) is 31.0 Å². The highest BCUT2D eigenvalue weighted by atomic mass is 32.2. The Kier molecular flexibility index (Phi) is 3.93. The predicted molar refractivity (Wildman–Crippen MR) is 66.2 cm³/mol. The van der Waals surface area contributed by atoms with Gasteiger partial charge in [0.2, 0.25) is 10.0 Å². The molecule has 19 heavy (non-hydrogen) atoms. The third kappa shape index (κ3) is 3.14. The van der Waals surface area contributed by atoms with E-state index in [9.17, 15) is 13.2 Å². The Morgan fingerprint density at radius 1 is 1.58 bits per heavy atom. The molecule has 0 amide bonds. The summed E-state index contributed by atoms with van der Waals surface area (Å²) in [5, 5.41) is 8.72. The fraction of sp³-hybridized carbons (Fsp3) is 0.545. The summed E-state index contributed by atoms with van der Waals surface area (Å²) in [4.78, 5) is 10.9. The van der Waals surface area contributed by atoms with Crippen molar-refractivity contribution in [3.05, 3.63) is 18.5 Å². The van der Waals surface area contributed by atoms with Crippen molar-refractivity contribution in [3.63, 3.8) is 0 Å². The van der Waals surface area contributed by atoms with Crippen molar-refractivity contribution >= 4 is 16.0 Å². The molecule has 8 heteroatoms. The third-order valence-corrected chi connectivity index (χ3v) is 4.80. The minimum atomic E-state index is -3.57. The zero-order valence-electron chi connectivity index (χ0n) is 10.5. The molecule has 1 aromatic heterocycles. The molecule has 1 aliphatic heterocycles. The van der Waals surface area contributed by atoms with Crippen LogP contribution in [0.2, 0.25) is 0 Å². The normalized spacial score (nSPS) is 21.4. The quantitative estimate of drug-likeness (QED) is 0.835. The molecule has 0 spiro atoms. The van der Waals surface area contributed by atoms with Gasteiger partial charge in [-0.2, -0.15) is 4.31 Å². The summed E-state index contributed by atoms with van der Waals surface area (Å²) < 4.78 is 32.9. The van der Waals surface area contributed by atoms with Crippen molar-refractivity contribution < 1.29 is 23.1 Å². The number of rotatable bonds is 4. The molecule has 7 nitrogen and oxygen atoms in total. The second kappa shape index (κ2) is 5.32. The first kappa shape index (κ1) is 14.0. The molecule has 0 aliphatic carbocycles. The average Bonchev–Trinajstić information content (AvgIpc) is 2.76. The molecule has 1 atom stereocenters. The summed E-state index contributed by atoms with van der Waals surface area (Å²) >= 11 is 0. The Morgan fingerprint density at radius 2 is 2.32 bits per heavy atom. The van der Waals surface area contributed by atoms with Gasteiger partial charge in [0.25, 0.3) is 0 Å². The Bertz CT molecular complexity index is 565. The second-order valence-electron chi connectivity index (χ2n) is 4.47. The molecular formula is C11H16N2O5S. The van der Waals surface area contributed by atoms with Crippen molar-refractivity contribution in [3.8, 4) is 0 Å². The van der Waals surface area contributed by atoms with Crippen LogP contribution in [0.3, 0.4) is 0 Å². The van der Waals surface area contributed by atoms with Crippen LogP contribution in [0.15, 0.2) is 23.4 Å². The number of aryl methyl sites for hydroxylation is 1. The van der Waals surface area contributed by atoms with Crippen LogP contribution in [0, 0.1) is 0 Å².